The van der Waals surface area contributed by atoms with E-state index in [0.29, 0.717) is 38.2 Å². The zero-order valence-corrected chi connectivity index (χ0v) is 19.9. The summed E-state index contributed by atoms with van der Waals surface area (Å²) in [7, 11) is 1.53. The number of hydrogen-bond acceptors (Lipinski definition) is 4. The highest BCUT2D eigenvalue weighted by Crippen LogP contribution is 2.31. The van der Waals surface area contributed by atoms with Crippen molar-refractivity contribution >= 4 is 35.0 Å². The van der Waals surface area contributed by atoms with Crippen LogP contribution in [0.4, 0.5) is 0 Å². The molecule has 0 aliphatic heterocycles. The van der Waals surface area contributed by atoms with Crippen molar-refractivity contribution in [2.45, 2.75) is 26.1 Å². The summed E-state index contributed by atoms with van der Waals surface area (Å²) in [5.74, 6) is 0.278. The van der Waals surface area contributed by atoms with Gasteiger partial charge >= 0.3 is 0 Å². The topological polar surface area (TPSA) is 76.7 Å². The van der Waals surface area contributed by atoms with Crippen LogP contribution in [0.2, 0.25) is 10.0 Å². The Labute approximate surface area is 202 Å². The smallest absolute Gasteiger partial charge is 0.253 e. The molecule has 0 aliphatic rings. The molecule has 0 atom stereocenters. The Kier molecular flexibility index (Phi) is 8.20. The van der Waals surface area contributed by atoms with Gasteiger partial charge in [-0.3, -0.25) is 9.59 Å². The van der Waals surface area contributed by atoms with E-state index >= 15 is 0 Å². The van der Waals surface area contributed by atoms with Crippen molar-refractivity contribution in [3.8, 4) is 11.5 Å². The SMILES string of the molecule is COc1cc(C(NC(=O)c2ccc(Cl)cc2)NC(=O)c2ccc(Cl)cc2)ccc1OC(C)C. The van der Waals surface area contributed by atoms with Crippen LogP contribution < -0.4 is 20.1 Å². The fourth-order valence-electron chi connectivity index (χ4n) is 3.05. The van der Waals surface area contributed by atoms with Gasteiger partial charge in [0.2, 0.25) is 0 Å². The minimum absolute atomic E-state index is 0.0465. The molecule has 0 radical (unpaired) electrons. The molecule has 3 rings (SSSR count). The lowest BCUT2D eigenvalue weighted by Gasteiger charge is -2.22. The monoisotopic (exact) mass is 486 g/mol. The van der Waals surface area contributed by atoms with Crippen molar-refractivity contribution in [1.82, 2.24) is 10.6 Å². The number of carbonyl (C=O) groups excluding carboxylic acids is 2. The third-order valence-electron chi connectivity index (χ3n) is 4.65. The van der Waals surface area contributed by atoms with Crippen LogP contribution in [-0.4, -0.2) is 25.0 Å². The van der Waals surface area contributed by atoms with E-state index in [1.165, 1.54) is 7.11 Å². The van der Waals surface area contributed by atoms with Crippen molar-refractivity contribution in [3.05, 3.63) is 93.5 Å². The fraction of sp³-hybridized carbons (Fsp3) is 0.200. The lowest BCUT2D eigenvalue weighted by molar-refractivity contribution is 0.0883. The predicted molar refractivity (Wildman–Crippen MR) is 129 cm³/mol. The minimum Gasteiger partial charge on any atom is -0.493 e. The number of carbonyl (C=O) groups is 2. The second-order valence-corrected chi connectivity index (χ2v) is 8.34. The molecule has 0 heterocycles. The Morgan fingerprint density at radius 3 is 1.67 bits per heavy atom. The molecule has 33 heavy (non-hydrogen) atoms. The van der Waals surface area contributed by atoms with Crippen LogP contribution in [0.5, 0.6) is 11.5 Å². The molecular weight excluding hydrogens is 463 g/mol. The van der Waals surface area contributed by atoms with Crippen molar-refractivity contribution in [2.75, 3.05) is 7.11 Å². The number of amides is 2. The maximum absolute atomic E-state index is 12.9. The molecule has 2 N–H and O–H groups in total. The standard InChI is InChI=1S/C25H24Cl2N2O4/c1-15(2)33-21-13-8-18(14-22(21)32-3)23(28-24(30)16-4-9-19(26)10-5-16)29-25(31)17-6-11-20(27)12-7-17/h4-15,23H,1-3H3,(H,28,30)(H,29,31). The third kappa shape index (κ3) is 6.63. The first kappa shape index (κ1) is 24.4. The maximum Gasteiger partial charge on any atom is 0.253 e. The van der Waals surface area contributed by atoms with Gasteiger partial charge in [0.15, 0.2) is 11.5 Å². The average molecular weight is 487 g/mol. The average Bonchev–Trinajstić information content (AvgIpc) is 2.79. The summed E-state index contributed by atoms with van der Waals surface area (Å²) in [4.78, 5) is 25.8. The summed E-state index contributed by atoms with van der Waals surface area (Å²) < 4.78 is 11.2. The number of halogens is 2. The van der Waals surface area contributed by atoms with Crippen LogP contribution in [0.15, 0.2) is 66.7 Å². The van der Waals surface area contributed by atoms with Crippen LogP contribution in [0.1, 0.15) is 46.3 Å². The Morgan fingerprint density at radius 1 is 0.758 bits per heavy atom. The van der Waals surface area contributed by atoms with E-state index in [2.05, 4.69) is 10.6 Å². The molecule has 0 aliphatic carbocycles. The quantitative estimate of drug-likeness (QED) is 0.403. The number of ether oxygens (including phenoxy) is 2. The van der Waals surface area contributed by atoms with Crippen molar-refractivity contribution in [1.29, 1.82) is 0 Å². The maximum atomic E-state index is 12.9. The molecule has 0 spiro atoms. The van der Waals surface area contributed by atoms with Gasteiger partial charge in [0.05, 0.1) is 13.2 Å². The van der Waals surface area contributed by atoms with Gasteiger partial charge in [-0.25, -0.2) is 0 Å². The van der Waals surface area contributed by atoms with Gasteiger partial charge in [-0.05, 0) is 80.1 Å². The molecule has 6 nitrogen and oxygen atoms in total. The van der Waals surface area contributed by atoms with Crippen LogP contribution in [0.3, 0.4) is 0 Å². The first-order valence-corrected chi connectivity index (χ1v) is 11.0. The number of rotatable bonds is 8. The third-order valence-corrected chi connectivity index (χ3v) is 5.15. The van der Waals surface area contributed by atoms with Gasteiger partial charge in [-0.1, -0.05) is 29.3 Å². The van der Waals surface area contributed by atoms with E-state index < -0.39 is 6.17 Å². The molecule has 2 amide bonds. The molecular formula is C25H24Cl2N2O4. The lowest BCUT2D eigenvalue weighted by atomic mass is 10.1. The molecule has 172 valence electrons. The number of hydrogen-bond donors (Lipinski definition) is 2. The van der Waals surface area contributed by atoms with Crippen molar-refractivity contribution in [3.63, 3.8) is 0 Å². The van der Waals surface area contributed by atoms with Gasteiger partial charge in [0, 0.05) is 21.2 Å². The first-order valence-electron chi connectivity index (χ1n) is 10.2. The van der Waals surface area contributed by atoms with E-state index in [4.69, 9.17) is 32.7 Å². The van der Waals surface area contributed by atoms with Gasteiger partial charge < -0.3 is 20.1 Å². The summed E-state index contributed by atoms with van der Waals surface area (Å²) in [5, 5.41) is 6.75. The summed E-state index contributed by atoms with van der Waals surface area (Å²) in [5.41, 5.74) is 1.40. The lowest BCUT2D eigenvalue weighted by Crippen LogP contribution is -2.41. The molecule has 0 aromatic heterocycles. The highest BCUT2D eigenvalue weighted by atomic mass is 35.5. The Bertz CT molecular complexity index is 1060. The summed E-state index contributed by atoms with van der Waals surface area (Å²) >= 11 is 11.9. The molecule has 0 unspecified atom stereocenters. The normalized spacial score (nSPS) is 10.8. The van der Waals surface area contributed by atoms with E-state index in [9.17, 15) is 9.59 Å². The highest BCUT2D eigenvalue weighted by molar-refractivity contribution is 6.31. The largest absolute Gasteiger partial charge is 0.493 e. The number of benzene rings is 3. The summed E-state index contributed by atoms with van der Waals surface area (Å²) in [6.45, 7) is 3.82. The fourth-order valence-corrected chi connectivity index (χ4v) is 3.30. The number of methoxy groups -OCH3 is 1. The Balaban J connectivity index is 1.91. The van der Waals surface area contributed by atoms with Gasteiger partial charge in [0.25, 0.3) is 11.8 Å². The van der Waals surface area contributed by atoms with Crippen LogP contribution >= 0.6 is 23.2 Å². The van der Waals surface area contributed by atoms with Crippen molar-refractivity contribution < 1.29 is 19.1 Å². The molecule has 8 heteroatoms. The van der Waals surface area contributed by atoms with Crippen LogP contribution in [0.25, 0.3) is 0 Å². The molecule has 3 aromatic rings. The highest BCUT2D eigenvalue weighted by Gasteiger charge is 2.21. The van der Waals surface area contributed by atoms with Crippen LogP contribution in [0, 0.1) is 0 Å². The van der Waals surface area contributed by atoms with E-state index in [1.54, 1.807) is 66.7 Å². The van der Waals surface area contributed by atoms with Gasteiger partial charge in [-0.2, -0.15) is 0 Å². The Morgan fingerprint density at radius 2 is 1.24 bits per heavy atom. The molecule has 3 aromatic carbocycles. The Hall–Kier alpha value is -3.22. The molecule has 0 saturated carbocycles. The van der Waals surface area contributed by atoms with Gasteiger partial charge in [-0.15, -0.1) is 0 Å². The molecule has 0 saturated heterocycles. The van der Waals surface area contributed by atoms with E-state index in [1.807, 2.05) is 13.8 Å². The summed E-state index contributed by atoms with van der Waals surface area (Å²) in [6, 6.07) is 18.1. The summed E-state index contributed by atoms with van der Waals surface area (Å²) in [6.07, 6.45) is -0.895. The van der Waals surface area contributed by atoms with E-state index in [-0.39, 0.29) is 17.9 Å². The zero-order valence-electron chi connectivity index (χ0n) is 18.4. The second kappa shape index (κ2) is 11.1. The van der Waals surface area contributed by atoms with Gasteiger partial charge in [0.1, 0.15) is 6.17 Å². The molecule has 0 fully saturated rings. The second-order valence-electron chi connectivity index (χ2n) is 7.47. The van der Waals surface area contributed by atoms with Crippen molar-refractivity contribution in [2.24, 2.45) is 0 Å². The molecule has 0 bridgehead atoms. The minimum atomic E-state index is -0.849. The van der Waals surface area contributed by atoms with Crippen LogP contribution in [-0.2, 0) is 0 Å². The first-order chi connectivity index (χ1) is 15.8. The predicted octanol–water partition coefficient (Wildman–Crippen LogP) is 5.65. The number of nitrogens with one attached hydrogen (secondary N) is 2. The zero-order chi connectivity index (χ0) is 24.0. The van der Waals surface area contributed by atoms with E-state index in [0.717, 1.165) is 0 Å².